The zero-order valence-electron chi connectivity index (χ0n) is 11.9. The second-order valence-electron chi connectivity index (χ2n) is 5.53. The molecule has 0 aromatic heterocycles. The first-order valence-corrected chi connectivity index (χ1v) is 6.65. The van der Waals surface area contributed by atoms with Crippen LogP contribution in [0.1, 0.15) is 37.8 Å². The van der Waals surface area contributed by atoms with E-state index in [0.717, 1.165) is 12.1 Å². The van der Waals surface area contributed by atoms with Crippen molar-refractivity contribution in [3.05, 3.63) is 35.4 Å². The number of aryl methyl sites for hydroxylation is 1. The van der Waals surface area contributed by atoms with Gasteiger partial charge in [-0.2, -0.15) is 13.2 Å². The van der Waals surface area contributed by atoms with E-state index in [-0.39, 0.29) is 18.8 Å². The number of halogens is 3. The lowest BCUT2D eigenvalue weighted by atomic mass is 9.82. The average molecular weight is 304 g/mol. The van der Waals surface area contributed by atoms with Gasteiger partial charge in [0.05, 0.1) is 17.6 Å². The highest BCUT2D eigenvalue weighted by Crippen LogP contribution is 2.31. The van der Waals surface area contributed by atoms with E-state index in [1.807, 2.05) is 0 Å². The highest BCUT2D eigenvalue weighted by Gasteiger charge is 2.34. The highest BCUT2D eigenvalue weighted by molar-refractivity contribution is 5.68. The minimum Gasteiger partial charge on any atom is -0.481 e. The van der Waals surface area contributed by atoms with E-state index in [0.29, 0.717) is 5.56 Å². The Balaban J connectivity index is 2.84. The fourth-order valence-corrected chi connectivity index (χ4v) is 2.11. The number of hydrogen-bond donors (Lipinski definition) is 2. The molecular weight excluding hydrogens is 285 g/mol. The van der Waals surface area contributed by atoms with Gasteiger partial charge in [0.25, 0.3) is 0 Å². The van der Waals surface area contributed by atoms with Crippen molar-refractivity contribution in [3.63, 3.8) is 0 Å². The van der Waals surface area contributed by atoms with Crippen molar-refractivity contribution in [2.24, 2.45) is 5.92 Å². The van der Waals surface area contributed by atoms with Crippen LogP contribution in [0.15, 0.2) is 24.3 Å². The molecule has 118 valence electrons. The van der Waals surface area contributed by atoms with Crippen LogP contribution in [0.2, 0.25) is 0 Å². The molecule has 0 radical (unpaired) electrons. The molecule has 0 aliphatic carbocycles. The Morgan fingerprint density at radius 3 is 2.38 bits per heavy atom. The fourth-order valence-electron chi connectivity index (χ4n) is 2.11. The Morgan fingerprint density at radius 2 is 1.90 bits per heavy atom. The molecule has 0 saturated heterocycles. The van der Waals surface area contributed by atoms with Crippen molar-refractivity contribution in [2.75, 3.05) is 0 Å². The molecule has 0 amide bonds. The summed E-state index contributed by atoms with van der Waals surface area (Å²) in [4.78, 5) is 10.8. The number of rotatable bonds is 6. The molecule has 1 aromatic carbocycles. The Kier molecular flexibility index (Phi) is 5.39. The summed E-state index contributed by atoms with van der Waals surface area (Å²) in [6, 6.07) is 4.86. The van der Waals surface area contributed by atoms with Gasteiger partial charge < -0.3 is 10.2 Å². The predicted octanol–water partition coefficient (Wildman–Crippen LogP) is 3.50. The maximum Gasteiger partial charge on any atom is 0.416 e. The zero-order valence-corrected chi connectivity index (χ0v) is 11.9. The minimum atomic E-state index is -4.41. The van der Waals surface area contributed by atoms with E-state index in [4.69, 9.17) is 5.11 Å². The molecule has 21 heavy (non-hydrogen) atoms. The van der Waals surface area contributed by atoms with Crippen LogP contribution in [0.3, 0.4) is 0 Å². The third-order valence-electron chi connectivity index (χ3n) is 3.63. The fraction of sp³-hybridized carbons (Fsp3) is 0.533. The highest BCUT2D eigenvalue weighted by atomic mass is 19.4. The minimum absolute atomic E-state index is 0.0955. The molecule has 0 saturated carbocycles. The second-order valence-corrected chi connectivity index (χ2v) is 5.53. The van der Waals surface area contributed by atoms with Gasteiger partial charge in [-0.25, -0.2) is 0 Å². The normalized spacial score (nSPS) is 15.0. The summed E-state index contributed by atoms with van der Waals surface area (Å²) in [5.74, 6) is -1.44. The Bertz CT molecular complexity index is 497. The van der Waals surface area contributed by atoms with Crippen LogP contribution in [0, 0.1) is 5.92 Å². The summed E-state index contributed by atoms with van der Waals surface area (Å²) in [7, 11) is 0. The molecule has 0 spiro atoms. The quantitative estimate of drug-likeness (QED) is 0.845. The number of hydrogen-bond acceptors (Lipinski definition) is 2. The van der Waals surface area contributed by atoms with E-state index in [1.165, 1.54) is 12.1 Å². The number of benzene rings is 1. The van der Waals surface area contributed by atoms with Crippen LogP contribution in [-0.4, -0.2) is 21.8 Å². The van der Waals surface area contributed by atoms with Crippen LogP contribution >= 0.6 is 0 Å². The van der Waals surface area contributed by atoms with Gasteiger partial charge in [-0.1, -0.05) is 32.0 Å². The van der Waals surface area contributed by atoms with Crippen molar-refractivity contribution in [1.82, 2.24) is 0 Å². The first-order valence-electron chi connectivity index (χ1n) is 6.65. The van der Waals surface area contributed by atoms with Crippen LogP contribution in [0.5, 0.6) is 0 Å². The lowest BCUT2D eigenvalue weighted by Crippen LogP contribution is -2.38. The lowest BCUT2D eigenvalue weighted by molar-refractivity contribution is -0.145. The molecule has 2 N–H and O–H groups in total. The van der Waals surface area contributed by atoms with Gasteiger partial charge in [0.2, 0.25) is 0 Å². The number of carbonyl (C=O) groups is 1. The third-order valence-corrected chi connectivity index (χ3v) is 3.63. The number of alkyl halides is 3. The third kappa shape index (κ3) is 5.04. The summed E-state index contributed by atoms with van der Waals surface area (Å²) >= 11 is 0. The number of aliphatic carboxylic acids is 1. The Morgan fingerprint density at radius 1 is 1.29 bits per heavy atom. The lowest BCUT2D eigenvalue weighted by Gasteiger charge is -2.30. The van der Waals surface area contributed by atoms with Gasteiger partial charge in [0, 0.05) is 0 Å². The Labute approximate surface area is 121 Å². The summed E-state index contributed by atoms with van der Waals surface area (Å²) in [6.07, 6.45) is -4.56. The van der Waals surface area contributed by atoms with Gasteiger partial charge in [-0.3, -0.25) is 4.79 Å². The Hall–Kier alpha value is -1.56. The van der Waals surface area contributed by atoms with Gasteiger partial charge in [0.1, 0.15) is 0 Å². The molecule has 3 nitrogen and oxygen atoms in total. The van der Waals surface area contributed by atoms with E-state index in [2.05, 4.69) is 0 Å². The summed E-state index contributed by atoms with van der Waals surface area (Å²) in [5, 5.41) is 19.2. The maximum atomic E-state index is 12.6. The molecule has 0 aliphatic heterocycles. The molecular formula is C15H19F3O3. The van der Waals surface area contributed by atoms with Gasteiger partial charge in [-0.15, -0.1) is 0 Å². The molecule has 1 rings (SSSR count). The van der Waals surface area contributed by atoms with Crippen LogP contribution in [-0.2, 0) is 17.4 Å². The smallest absolute Gasteiger partial charge is 0.416 e. The molecule has 0 aliphatic rings. The monoisotopic (exact) mass is 304 g/mol. The van der Waals surface area contributed by atoms with Crippen molar-refractivity contribution in [1.29, 1.82) is 0 Å². The summed E-state index contributed by atoms with van der Waals surface area (Å²) in [5.41, 5.74) is -1.75. The SMILES string of the molecule is CC(C)C(O)(CCc1cccc(C(F)(F)F)c1)CC(=O)O. The molecule has 6 heteroatoms. The predicted molar refractivity (Wildman–Crippen MR) is 71.8 cm³/mol. The largest absolute Gasteiger partial charge is 0.481 e. The molecule has 0 heterocycles. The standard InChI is InChI=1S/C15H19F3O3/c1-10(2)14(21,9-13(19)20)7-6-11-4-3-5-12(8-11)15(16,17)18/h3-5,8,10,21H,6-7,9H2,1-2H3,(H,19,20). The topological polar surface area (TPSA) is 57.5 Å². The van der Waals surface area contributed by atoms with Gasteiger partial charge in [0.15, 0.2) is 0 Å². The molecule has 0 bridgehead atoms. The average Bonchev–Trinajstić information content (AvgIpc) is 2.35. The number of carboxylic acids is 1. The van der Waals surface area contributed by atoms with E-state index in [1.54, 1.807) is 13.8 Å². The van der Waals surface area contributed by atoms with Crippen molar-refractivity contribution < 1.29 is 28.2 Å². The van der Waals surface area contributed by atoms with Crippen molar-refractivity contribution in [3.8, 4) is 0 Å². The van der Waals surface area contributed by atoms with Crippen molar-refractivity contribution in [2.45, 2.75) is 44.9 Å². The number of aliphatic hydroxyl groups is 1. The molecule has 1 atom stereocenters. The van der Waals surface area contributed by atoms with E-state index in [9.17, 15) is 23.1 Å². The number of carboxylic acid groups (broad SMARTS) is 1. The van der Waals surface area contributed by atoms with Gasteiger partial charge in [-0.05, 0) is 30.4 Å². The summed E-state index contributed by atoms with van der Waals surface area (Å²) in [6.45, 7) is 3.38. The van der Waals surface area contributed by atoms with Crippen LogP contribution in [0.4, 0.5) is 13.2 Å². The first-order chi connectivity index (χ1) is 9.54. The van der Waals surface area contributed by atoms with E-state index >= 15 is 0 Å². The molecule has 1 unspecified atom stereocenters. The molecule has 1 aromatic rings. The molecule has 0 fully saturated rings. The second kappa shape index (κ2) is 6.47. The maximum absolute atomic E-state index is 12.6. The first kappa shape index (κ1) is 17.5. The van der Waals surface area contributed by atoms with Gasteiger partial charge >= 0.3 is 12.1 Å². The van der Waals surface area contributed by atoms with Crippen molar-refractivity contribution >= 4 is 5.97 Å². The van der Waals surface area contributed by atoms with Crippen LogP contribution in [0.25, 0.3) is 0 Å². The summed E-state index contributed by atoms with van der Waals surface area (Å²) < 4.78 is 37.8. The van der Waals surface area contributed by atoms with E-state index < -0.39 is 29.7 Å². The zero-order chi connectivity index (χ0) is 16.3. The van der Waals surface area contributed by atoms with Crippen LogP contribution < -0.4 is 0 Å².